The van der Waals surface area contributed by atoms with Gasteiger partial charge in [-0.3, -0.25) is 0 Å². The molecule has 0 aliphatic heterocycles. The SMILES string of the molecule is CC(O)(CNC(c1ccccc1)C1CC1)c1cccs1. The van der Waals surface area contributed by atoms with Crippen molar-refractivity contribution in [3.8, 4) is 0 Å². The highest BCUT2D eigenvalue weighted by molar-refractivity contribution is 7.10. The Bertz CT molecular complexity index is 531. The van der Waals surface area contributed by atoms with Gasteiger partial charge in [0.15, 0.2) is 0 Å². The van der Waals surface area contributed by atoms with Crippen LogP contribution in [0.1, 0.15) is 36.2 Å². The van der Waals surface area contributed by atoms with Crippen molar-refractivity contribution in [2.75, 3.05) is 6.54 Å². The zero-order valence-electron chi connectivity index (χ0n) is 11.8. The Labute approximate surface area is 124 Å². The van der Waals surface area contributed by atoms with Gasteiger partial charge in [0.2, 0.25) is 0 Å². The summed E-state index contributed by atoms with van der Waals surface area (Å²) in [5.74, 6) is 0.719. The average molecular weight is 287 g/mol. The van der Waals surface area contributed by atoms with E-state index in [1.54, 1.807) is 11.3 Å². The molecule has 0 bridgehead atoms. The molecule has 3 heteroatoms. The number of hydrogen-bond donors (Lipinski definition) is 2. The highest BCUT2D eigenvalue weighted by Crippen LogP contribution is 2.41. The molecule has 0 spiro atoms. The normalized spacial score (nSPS) is 19.5. The van der Waals surface area contributed by atoms with Crippen molar-refractivity contribution in [2.45, 2.75) is 31.4 Å². The fourth-order valence-electron chi connectivity index (χ4n) is 2.63. The molecule has 1 aliphatic rings. The Morgan fingerprint density at radius 3 is 2.60 bits per heavy atom. The zero-order chi connectivity index (χ0) is 14.0. The van der Waals surface area contributed by atoms with E-state index >= 15 is 0 Å². The van der Waals surface area contributed by atoms with E-state index in [1.807, 2.05) is 24.4 Å². The second-order valence-electron chi connectivity index (χ2n) is 5.86. The molecule has 1 heterocycles. The van der Waals surface area contributed by atoms with E-state index < -0.39 is 5.60 Å². The van der Waals surface area contributed by atoms with Crippen molar-refractivity contribution in [3.05, 3.63) is 58.3 Å². The molecule has 0 amide bonds. The highest BCUT2D eigenvalue weighted by Gasteiger charge is 2.34. The number of aliphatic hydroxyl groups is 1. The summed E-state index contributed by atoms with van der Waals surface area (Å²) in [5.41, 5.74) is 0.535. The van der Waals surface area contributed by atoms with Crippen LogP contribution >= 0.6 is 11.3 Å². The van der Waals surface area contributed by atoms with Gasteiger partial charge in [0.05, 0.1) is 0 Å². The fraction of sp³-hybridized carbons (Fsp3) is 0.412. The second-order valence-corrected chi connectivity index (χ2v) is 6.81. The monoisotopic (exact) mass is 287 g/mol. The van der Waals surface area contributed by atoms with Gasteiger partial charge in [-0.25, -0.2) is 0 Å². The minimum atomic E-state index is -0.796. The molecule has 106 valence electrons. The third-order valence-electron chi connectivity index (χ3n) is 3.97. The van der Waals surface area contributed by atoms with E-state index in [-0.39, 0.29) is 0 Å². The molecule has 1 saturated carbocycles. The van der Waals surface area contributed by atoms with Gasteiger partial charge in [0, 0.05) is 17.5 Å². The van der Waals surface area contributed by atoms with Crippen LogP contribution in [-0.4, -0.2) is 11.7 Å². The smallest absolute Gasteiger partial charge is 0.108 e. The molecule has 2 N–H and O–H groups in total. The topological polar surface area (TPSA) is 32.3 Å². The largest absolute Gasteiger partial charge is 0.383 e. The Morgan fingerprint density at radius 2 is 2.00 bits per heavy atom. The van der Waals surface area contributed by atoms with Gasteiger partial charge in [0.25, 0.3) is 0 Å². The Balaban J connectivity index is 1.69. The van der Waals surface area contributed by atoms with Gasteiger partial charge in [-0.1, -0.05) is 36.4 Å². The molecular formula is C17H21NOS. The van der Waals surface area contributed by atoms with Crippen molar-refractivity contribution in [1.29, 1.82) is 0 Å². The third-order valence-corrected chi connectivity index (χ3v) is 5.09. The quantitative estimate of drug-likeness (QED) is 0.849. The van der Waals surface area contributed by atoms with Crippen LogP contribution in [0.4, 0.5) is 0 Å². The first-order valence-electron chi connectivity index (χ1n) is 7.21. The fourth-order valence-corrected chi connectivity index (χ4v) is 3.41. The lowest BCUT2D eigenvalue weighted by Gasteiger charge is -2.27. The summed E-state index contributed by atoms with van der Waals surface area (Å²) in [5, 5.41) is 16.2. The maximum atomic E-state index is 10.6. The zero-order valence-corrected chi connectivity index (χ0v) is 12.6. The molecule has 2 nitrogen and oxygen atoms in total. The van der Waals surface area contributed by atoms with Gasteiger partial charge >= 0.3 is 0 Å². The molecule has 1 aliphatic carbocycles. The molecule has 20 heavy (non-hydrogen) atoms. The molecule has 0 saturated heterocycles. The third kappa shape index (κ3) is 3.11. The summed E-state index contributed by atoms with van der Waals surface area (Å²) in [6.45, 7) is 2.48. The van der Waals surface area contributed by atoms with E-state index in [2.05, 4.69) is 35.6 Å². The van der Waals surface area contributed by atoms with E-state index in [0.717, 1.165) is 10.8 Å². The number of thiophene rings is 1. The van der Waals surface area contributed by atoms with Crippen molar-refractivity contribution >= 4 is 11.3 Å². The van der Waals surface area contributed by atoms with Crippen LogP contribution in [-0.2, 0) is 5.60 Å². The van der Waals surface area contributed by atoms with Crippen LogP contribution < -0.4 is 5.32 Å². The van der Waals surface area contributed by atoms with Crippen LogP contribution in [0.15, 0.2) is 47.8 Å². The van der Waals surface area contributed by atoms with Gasteiger partial charge in [0.1, 0.15) is 5.60 Å². The van der Waals surface area contributed by atoms with Gasteiger partial charge in [-0.15, -0.1) is 11.3 Å². The minimum absolute atomic E-state index is 0.364. The van der Waals surface area contributed by atoms with Gasteiger partial charge in [-0.2, -0.15) is 0 Å². The van der Waals surface area contributed by atoms with Crippen LogP contribution in [0.5, 0.6) is 0 Å². The minimum Gasteiger partial charge on any atom is -0.383 e. The van der Waals surface area contributed by atoms with Crippen LogP contribution in [0.3, 0.4) is 0 Å². The molecule has 3 rings (SSSR count). The summed E-state index contributed by atoms with van der Waals surface area (Å²) < 4.78 is 0. The number of rotatable bonds is 6. The lowest BCUT2D eigenvalue weighted by molar-refractivity contribution is 0.0566. The van der Waals surface area contributed by atoms with Crippen LogP contribution in [0.25, 0.3) is 0 Å². The molecule has 1 aromatic carbocycles. The van der Waals surface area contributed by atoms with E-state index in [1.165, 1.54) is 18.4 Å². The predicted molar refractivity (Wildman–Crippen MR) is 83.8 cm³/mol. The Kier molecular flexibility index (Phi) is 3.92. The van der Waals surface area contributed by atoms with Crippen molar-refractivity contribution in [3.63, 3.8) is 0 Å². The summed E-state index contributed by atoms with van der Waals surface area (Å²) >= 11 is 1.61. The molecular weight excluding hydrogens is 266 g/mol. The number of benzene rings is 1. The van der Waals surface area contributed by atoms with Crippen LogP contribution in [0.2, 0.25) is 0 Å². The molecule has 0 radical (unpaired) electrons. The lowest BCUT2D eigenvalue weighted by atomic mass is 9.99. The van der Waals surface area contributed by atoms with Crippen molar-refractivity contribution in [2.24, 2.45) is 5.92 Å². The summed E-state index contributed by atoms with van der Waals surface area (Å²) in [6, 6.07) is 14.9. The van der Waals surface area contributed by atoms with E-state index in [0.29, 0.717) is 12.6 Å². The molecule has 2 atom stereocenters. The number of hydrogen-bond acceptors (Lipinski definition) is 3. The first-order valence-corrected chi connectivity index (χ1v) is 8.09. The molecule has 1 aromatic heterocycles. The standard InChI is InChI=1S/C17H21NOS/c1-17(19,15-8-5-11-20-15)12-18-16(14-9-10-14)13-6-3-2-4-7-13/h2-8,11,14,16,18-19H,9-10,12H2,1H3. The summed E-state index contributed by atoms with van der Waals surface area (Å²) in [6.07, 6.45) is 2.57. The Hall–Kier alpha value is -1.16. The van der Waals surface area contributed by atoms with Crippen LogP contribution in [0, 0.1) is 5.92 Å². The first-order chi connectivity index (χ1) is 9.67. The van der Waals surface area contributed by atoms with E-state index in [4.69, 9.17) is 0 Å². The first kappa shape index (κ1) is 13.8. The Morgan fingerprint density at radius 1 is 1.25 bits per heavy atom. The summed E-state index contributed by atoms with van der Waals surface area (Å²) in [7, 11) is 0. The summed E-state index contributed by atoms with van der Waals surface area (Å²) in [4.78, 5) is 1.02. The maximum Gasteiger partial charge on any atom is 0.108 e. The highest BCUT2D eigenvalue weighted by atomic mass is 32.1. The maximum absolute atomic E-state index is 10.6. The average Bonchev–Trinajstić information content (AvgIpc) is 3.12. The molecule has 2 aromatic rings. The molecule has 1 fully saturated rings. The van der Waals surface area contributed by atoms with E-state index in [9.17, 15) is 5.11 Å². The van der Waals surface area contributed by atoms with Gasteiger partial charge in [-0.05, 0) is 42.7 Å². The predicted octanol–water partition coefficient (Wildman–Crippen LogP) is 3.70. The second kappa shape index (κ2) is 5.68. The lowest BCUT2D eigenvalue weighted by Crippen LogP contribution is -2.37. The van der Waals surface area contributed by atoms with Crippen molar-refractivity contribution in [1.82, 2.24) is 5.32 Å². The molecule has 2 unspecified atom stereocenters. The van der Waals surface area contributed by atoms with Crippen molar-refractivity contribution < 1.29 is 5.11 Å². The van der Waals surface area contributed by atoms with Gasteiger partial charge < -0.3 is 10.4 Å². The number of nitrogens with one attached hydrogen (secondary N) is 1.